The smallest absolute Gasteiger partial charge is 0.378 e. The van der Waals surface area contributed by atoms with Crippen LogP contribution in [0.15, 0.2) is 42.5 Å². The van der Waals surface area contributed by atoms with E-state index in [2.05, 4.69) is 16.0 Å². The van der Waals surface area contributed by atoms with Gasteiger partial charge in [-0.25, -0.2) is 0 Å². The summed E-state index contributed by atoms with van der Waals surface area (Å²) in [7, 11) is 0. The minimum absolute atomic E-state index is 0.0168. The number of hydrogen-bond donors (Lipinski definition) is 3. The van der Waals surface area contributed by atoms with Crippen molar-refractivity contribution in [3.63, 3.8) is 0 Å². The molecule has 4 amide bonds. The summed E-state index contributed by atoms with van der Waals surface area (Å²) < 4.78 is 90.1. The lowest BCUT2D eigenvalue weighted by Gasteiger charge is -2.42. The molecule has 3 saturated heterocycles. The number of imide groups is 1. The summed E-state index contributed by atoms with van der Waals surface area (Å²) in [5.41, 5.74) is -2.10. The third kappa shape index (κ3) is 10.2. The van der Waals surface area contributed by atoms with Crippen molar-refractivity contribution in [2.24, 2.45) is 0 Å². The maximum atomic E-state index is 14.3. The van der Waals surface area contributed by atoms with E-state index >= 15 is 0 Å². The van der Waals surface area contributed by atoms with Gasteiger partial charge in [0, 0.05) is 56.6 Å². The van der Waals surface area contributed by atoms with Crippen LogP contribution in [-0.2, 0) is 30.1 Å². The normalized spacial score (nSPS) is 24.3. The molecule has 2 atom stereocenters. The molecule has 3 heterocycles. The van der Waals surface area contributed by atoms with Crippen LogP contribution in [0.4, 0.5) is 43.4 Å². The first-order valence-electron chi connectivity index (χ1n) is 19.7. The Morgan fingerprint density at radius 2 is 1.72 bits per heavy atom. The molecule has 4 aliphatic rings. The number of anilines is 3. The predicted molar refractivity (Wildman–Crippen MR) is 211 cm³/mol. The monoisotopic (exact) mass is 864 g/mol. The van der Waals surface area contributed by atoms with Crippen molar-refractivity contribution in [1.29, 1.82) is 5.26 Å². The fraction of sp³-hybridized carbons (Fsp3) is 0.550. The predicted octanol–water partition coefficient (Wildman–Crippen LogP) is 5.41. The molecule has 3 N–H and O–H groups in total. The largest absolute Gasteiger partial charge is 0.417 e. The van der Waals surface area contributed by atoms with Crippen LogP contribution in [0.2, 0.25) is 0 Å². The van der Waals surface area contributed by atoms with E-state index < -0.39 is 65.4 Å². The van der Waals surface area contributed by atoms with Crippen molar-refractivity contribution in [2.45, 2.75) is 101 Å². The van der Waals surface area contributed by atoms with Crippen molar-refractivity contribution < 1.29 is 50.3 Å². The summed E-state index contributed by atoms with van der Waals surface area (Å²) in [6.07, 6.45) is -6.17. The zero-order valence-electron chi connectivity index (χ0n) is 33.0. The van der Waals surface area contributed by atoms with Gasteiger partial charge >= 0.3 is 12.4 Å². The van der Waals surface area contributed by atoms with Gasteiger partial charge in [-0.3, -0.25) is 34.3 Å². The van der Waals surface area contributed by atoms with E-state index in [1.165, 1.54) is 12.1 Å². The Balaban J connectivity index is 0.946. The van der Waals surface area contributed by atoms with Crippen LogP contribution in [0.1, 0.15) is 69.9 Å². The first-order chi connectivity index (χ1) is 28.3. The fourth-order valence-electron chi connectivity index (χ4n) is 8.35. The van der Waals surface area contributed by atoms with E-state index in [0.29, 0.717) is 69.6 Å². The molecular weight excluding hydrogens is 819 g/mol. The zero-order valence-corrected chi connectivity index (χ0v) is 33.8. The Morgan fingerprint density at radius 3 is 2.38 bits per heavy atom. The number of hydrogen-bond acceptors (Lipinski definition) is 10. The summed E-state index contributed by atoms with van der Waals surface area (Å²) in [5.74, 6) is -1.92. The van der Waals surface area contributed by atoms with Gasteiger partial charge in [0.1, 0.15) is 17.6 Å². The Hall–Kier alpha value is -4.84. The van der Waals surface area contributed by atoms with Crippen LogP contribution in [-0.4, -0.2) is 119 Å². The second-order valence-electron chi connectivity index (χ2n) is 16.0. The second kappa shape index (κ2) is 18.0. The van der Waals surface area contributed by atoms with Crippen LogP contribution in [0.5, 0.6) is 0 Å². The average molecular weight is 865 g/mol. The van der Waals surface area contributed by atoms with Crippen LogP contribution >= 0.6 is 12.2 Å². The number of alkyl halides is 6. The lowest BCUT2D eigenvalue weighted by Crippen LogP contribution is -2.60. The summed E-state index contributed by atoms with van der Waals surface area (Å²) in [6, 6.07) is 8.37. The number of piperazine rings is 1. The highest BCUT2D eigenvalue weighted by Gasteiger charge is 2.53. The van der Waals surface area contributed by atoms with Gasteiger partial charge in [-0.15, -0.1) is 0 Å². The van der Waals surface area contributed by atoms with E-state index in [0.717, 1.165) is 21.9 Å². The summed E-state index contributed by atoms with van der Waals surface area (Å²) in [4.78, 5) is 55.8. The molecule has 0 spiro atoms. The van der Waals surface area contributed by atoms with Crippen molar-refractivity contribution in [3.05, 3.63) is 53.6 Å². The maximum absolute atomic E-state index is 14.3. The molecule has 6 rings (SSSR count). The van der Waals surface area contributed by atoms with E-state index in [-0.39, 0.29) is 48.4 Å². The summed E-state index contributed by atoms with van der Waals surface area (Å²) in [6.45, 7) is 3.55. The number of amides is 4. The Kier molecular flexibility index (Phi) is 13.4. The molecule has 2 aromatic rings. The Bertz CT molecular complexity index is 2020. The molecule has 1 saturated carbocycles. The molecule has 0 bridgehead atoms. The highest BCUT2D eigenvalue weighted by Crippen LogP contribution is 2.41. The number of thiocarbonyl (C=S) groups is 1. The molecule has 1 unspecified atom stereocenters. The van der Waals surface area contributed by atoms with Crippen LogP contribution in [0.3, 0.4) is 0 Å². The molecular formula is C40H46F6N8O5S. The standard InChI is InChI=1S/C40H46F6N8O5S/c1-38(2)36(58)53(28-8-7-24(21-47)30(20-28)39(41,42)43)37(60)54(38)27-9-11-29(12-10-27)59-18-4-15-51-16-17-52(32(22-51)40(44,45)46)23-34(56)49-26-6-3-5-25(19-26)48-31-13-14-33(55)50-35(31)57/h3,5-8,19-20,27,29,31-32,48H,4,9-18,22-23H2,1-2H3,(H,49,56)(H,50,55,57)/t27-,29-,31?,32-/m1/s1. The van der Waals surface area contributed by atoms with E-state index in [4.69, 9.17) is 17.0 Å². The zero-order chi connectivity index (χ0) is 43.6. The van der Waals surface area contributed by atoms with Gasteiger partial charge in [-0.1, -0.05) is 6.07 Å². The lowest BCUT2D eigenvalue weighted by atomic mass is 9.89. The van der Waals surface area contributed by atoms with Crippen LogP contribution in [0, 0.1) is 11.3 Å². The van der Waals surface area contributed by atoms with Gasteiger partial charge in [-0.05, 0) is 101 Å². The number of nitriles is 1. The first-order valence-corrected chi connectivity index (χ1v) is 20.1. The molecule has 324 valence electrons. The highest BCUT2D eigenvalue weighted by molar-refractivity contribution is 7.80. The molecule has 20 heteroatoms. The first kappa shape index (κ1) is 44.7. The Morgan fingerprint density at radius 1 is 1.00 bits per heavy atom. The number of nitrogens with zero attached hydrogens (tertiary/aromatic N) is 5. The number of nitrogens with one attached hydrogen (secondary N) is 3. The van der Waals surface area contributed by atoms with Gasteiger partial charge < -0.3 is 25.2 Å². The summed E-state index contributed by atoms with van der Waals surface area (Å²) >= 11 is 5.68. The fourth-order valence-corrected chi connectivity index (χ4v) is 8.91. The van der Waals surface area contributed by atoms with Crippen molar-refractivity contribution in [1.82, 2.24) is 20.0 Å². The highest BCUT2D eigenvalue weighted by atomic mass is 32.1. The Labute approximate surface area is 348 Å². The molecule has 60 heavy (non-hydrogen) atoms. The second-order valence-corrected chi connectivity index (χ2v) is 16.3. The molecule has 1 aliphatic carbocycles. The number of ether oxygens (including phenoxy) is 1. The van der Waals surface area contributed by atoms with E-state index in [1.807, 2.05) is 0 Å². The van der Waals surface area contributed by atoms with E-state index in [9.17, 15) is 50.8 Å². The molecule has 4 fully saturated rings. The van der Waals surface area contributed by atoms with Crippen molar-refractivity contribution in [3.8, 4) is 6.07 Å². The van der Waals surface area contributed by atoms with Gasteiger partial charge in [0.2, 0.25) is 17.7 Å². The average Bonchev–Trinajstić information content (AvgIpc) is 3.36. The SMILES string of the molecule is CC1(C)C(=O)N(c2ccc(C#N)c(C(F)(F)F)c2)C(=S)N1[C@H]1CC[C@H](OCCCN2CCN(CC(=O)Nc3cccc(NC4CCC(=O)NC4=O)c3)[C@@H](C(F)(F)F)C2)CC1. The van der Waals surface area contributed by atoms with Crippen LogP contribution in [0.25, 0.3) is 0 Å². The summed E-state index contributed by atoms with van der Waals surface area (Å²) in [5, 5.41) is 17.2. The van der Waals surface area contributed by atoms with Gasteiger partial charge in [0.05, 0.1) is 35.5 Å². The lowest BCUT2D eigenvalue weighted by molar-refractivity contribution is -0.197. The number of rotatable bonds is 12. The van der Waals surface area contributed by atoms with E-state index in [1.54, 1.807) is 47.9 Å². The number of carbonyl (C=O) groups is 4. The van der Waals surface area contributed by atoms with Gasteiger partial charge in [0.25, 0.3) is 5.91 Å². The third-order valence-electron chi connectivity index (χ3n) is 11.4. The maximum Gasteiger partial charge on any atom is 0.417 e. The quantitative estimate of drug-likeness (QED) is 0.109. The third-order valence-corrected chi connectivity index (χ3v) is 11.8. The van der Waals surface area contributed by atoms with Crippen LogP contribution < -0.4 is 20.9 Å². The minimum atomic E-state index is -4.81. The molecule has 0 aromatic heterocycles. The number of carbonyl (C=O) groups excluding carboxylic acids is 4. The molecule has 13 nitrogen and oxygen atoms in total. The minimum Gasteiger partial charge on any atom is -0.378 e. The topological polar surface area (TPSA) is 150 Å². The molecule has 0 radical (unpaired) electrons. The number of benzene rings is 2. The van der Waals surface area contributed by atoms with Gasteiger partial charge in [-0.2, -0.15) is 31.6 Å². The van der Waals surface area contributed by atoms with Crippen molar-refractivity contribution >= 4 is 58.0 Å². The van der Waals surface area contributed by atoms with Gasteiger partial charge in [0.15, 0.2) is 5.11 Å². The number of halogens is 6. The molecule has 2 aromatic carbocycles. The molecule has 3 aliphatic heterocycles. The number of piperidine rings is 1. The van der Waals surface area contributed by atoms with Crippen molar-refractivity contribution in [2.75, 3.05) is 54.9 Å².